The van der Waals surface area contributed by atoms with Crippen LogP contribution in [-0.4, -0.2) is 17.7 Å². The predicted octanol–water partition coefficient (Wildman–Crippen LogP) is 3.42. The normalized spacial score (nSPS) is 12.8. The third-order valence-corrected chi connectivity index (χ3v) is 2.71. The molecule has 0 aromatic heterocycles. The molecule has 0 aliphatic heterocycles. The molecule has 0 heterocycles. The molecule has 18 heavy (non-hydrogen) atoms. The maximum Gasteiger partial charge on any atom is 0.387 e. The van der Waals surface area contributed by atoms with Crippen molar-refractivity contribution in [1.82, 2.24) is 0 Å². The summed E-state index contributed by atoms with van der Waals surface area (Å²) in [6.45, 7) is 2.34. The van der Waals surface area contributed by atoms with Gasteiger partial charge in [0.2, 0.25) is 0 Å². The summed E-state index contributed by atoms with van der Waals surface area (Å²) >= 11 is 0. The van der Waals surface area contributed by atoms with Gasteiger partial charge in [0.05, 0.1) is 5.92 Å². The zero-order valence-electron chi connectivity index (χ0n) is 10.5. The molecule has 1 aromatic rings. The van der Waals surface area contributed by atoms with E-state index in [9.17, 15) is 13.6 Å². The van der Waals surface area contributed by atoms with E-state index in [1.54, 1.807) is 26.8 Å². The van der Waals surface area contributed by atoms with Gasteiger partial charge in [-0.25, -0.2) is 0 Å². The van der Waals surface area contributed by atoms with E-state index in [4.69, 9.17) is 5.11 Å². The zero-order valence-corrected chi connectivity index (χ0v) is 10.5. The third kappa shape index (κ3) is 3.42. The first-order valence-corrected chi connectivity index (χ1v) is 5.61. The molecule has 0 fully saturated rings. The minimum absolute atomic E-state index is 0.0710. The Morgan fingerprint density at radius 3 is 2.33 bits per heavy atom. The van der Waals surface area contributed by atoms with E-state index in [-0.39, 0.29) is 11.7 Å². The number of halogens is 2. The SMILES string of the molecule is Cc1cc(C(C(=O)O)C(C)C)ccc1OC(F)F. The Labute approximate surface area is 104 Å². The van der Waals surface area contributed by atoms with Gasteiger partial charge in [0.1, 0.15) is 5.75 Å². The van der Waals surface area contributed by atoms with Gasteiger partial charge in [-0.15, -0.1) is 0 Å². The van der Waals surface area contributed by atoms with Crippen molar-refractivity contribution in [3.8, 4) is 5.75 Å². The van der Waals surface area contributed by atoms with Crippen LogP contribution in [0.15, 0.2) is 18.2 Å². The molecule has 1 N–H and O–H groups in total. The van der Waals surface area contributed by atoms with Crippen LogP contribution in [0.4, 0.5) is 8.78 Å². The first kappa shape index (κ1) is 14.4. The number of carbonyl (C=O) groups is 1. The lowest BCUT2D eigenvalue weighted by Gasteiger charge is -2.18. The minimum atomic E-state index is -2.88. The van der Waals surface area contributed by atoms with Crippen molar-refractivity contribution >= 4 is 5.97 Å². The molecule has 0 saturated carbocycles. The number of benzene rings is 1. The standard InChI is InChI=1S/C13H16F2O3/c1-7(2)11(12(16)17)9-4-5-10(8(3)6-9)18-13(14)15/h4-7,11,13H,1-3H3,(H,16,17). The molecule has 1 atom stereocenters. The van der Waals surface area contributed by atoms with Gasteiger partial charge in [0, 0.05) is 0 Å². The van der Waals surface area contributed by atoms with Crippen molar-refractivity contribution in [1.29, 1.82) is 0 Å². The second kappa shape index (κ2) is 5.80. The molecule has 0 aliphatic rings. The predicted molar refractivity (Wildman–Crippen MR) is 63.0 cm³/mol. The van der Waals surface area contributed by atoms with Crippen LogP contribution >= 0.6 is 0 Å². The van der Waals surface area contributed by atoms with E-state index in [0.29, 0.717) is 11.1 Å². The molecule has 3 nitrogen and oxygen atoms in total. The van der Waals surface area contributed by atoms with E-state index in [1.807, 2.05) is 0 Å². The summed E-state index contributed by atoms with van der Waals surface area (Å²) in [6.07, 6.45) is 0. The van der Waals surface area contributed by atoms with Gasteiger partial charge < -0.3 is 9.84 Å². The number of aliphatic carboxylic acids is 1. The summed E-state index contributed by atoms with van der Waals surface area (Å²) < 4.78 is 28.5. The first-order valence-electron chi connectivity index (χ1n) is 5.61. The van der Waals surface area contributed by atoms with Crippen molar-refractivity contribution < 1.29 is 23.4 Å². The first-order chi connectivity index (χ1) is 8.32. The lowest BCUT2D eigenvalue weighted by atomic mass is 9.88. The average molecular weight is 258 g/mol. The molecule has 1 rings (SSSR count). The summed E-state index contributed by atoms with van der Waals surface area (Å²) in [5.74, 6) is -1.58. The van der Waals surface area contributed by atoms with E-state index in [2.05, 4.69) is 4.74 Å². The summed E-state index contributed by atoms with van der Waals surface area (Å²) in [5, 5.41) is 9.15. The third-order valence-electron chi connectivity index (χ3n) is 2.71. The number of hydrogen-bond acceptors (Lipinski definition) is 2. The molecule has 0 amide bonds. The minimum Gasteiger partial charge on any atom is -0.481 e. The van der Waals surface area contributed by atoms with Crippen molar-refractivity contribution in [3.05, 3.63) is 29.3 Å². The fourth-order valence-electron chi connectivity index (χ4n) is 1.91. The monoisotopic (exact) mass is 258 g/mol. The molecule has 5 heteroatoms. The topological polar surface area (TPSA) is 46.5 Å². The highest BCUT2D eigenvalue weighted by molar-refractivity contribution is 5.76. The van der Waals surface area contributed by atoms with Crippen LogP contribution in [0.25, 0.3) is 0 Å². The molecule has 1 aromatic carbocycles. The molecule has 0 radical (unpaired) electrons. The molecule has 0 aliphatic carbocycles. The fraction of sp³-hybridized carbons (Fsp3) is 0.462. The Morgan fingerprint density at radius 2 is 1.94 bits per heavy atom. The van der Waals surface area contributed by atoms with Crippen molar-refractivity contribution in [2.24, 2.45) is 5.92 Å². The van der Waals surface area contributed by atoms with Crippen LogP contribution in [0, 0.1) is 12.8 Å². The second-order valence-corrected chi connectivity index (χ2v) is 4.46. The summed E-state index contributed by atoms with van der Waals surface area (Å²) in [4.78, 5) is 11.2. The summed E-state index contributed by atoms with van der Waals surface area (Å²) in [7, 11) is 0. The number of carboxylic acid groups (broad SMARTS) is 1. The van der Waals surface area contributed by atoms with Crippen LogP contribution < -0.4 is 4.74 Å². The maximum atomic E-state index is 12.1. The fourth-order valence-corrected chi connectivity index (χ4v) is 1.91. The molecule has 1 unspecified atom stereocenters. The van der Waals surface area contributed by atoms with Gasteiger partial charge in [-0.1, -0.05) is 26.0 Å². The Bertz CT molecular complexity index is 430. The highest BCUT2D eigenvalue weighted by atomic mass is 19.3. The number of alkyl halides is 2. The number of carboxylic acids is 1. The second-order valence-electron chi connectivity index (χ2n) is 4.46. The van der Waals surface area contributed by atoms with E-state index >= 15 is 0 Å². The van der Waals surface area contributed by atoms with Gasteiger partial charge in [-0.3, -0.25) is 4.79 Å². The van der Waals surface area contributed by atoms with Gasteiger partial charge in [-0.2, -0.15) is 8.78 Å². The quantitative estimate of drug-likeness (QED) is 0.880. The molecule has 0 spiro atoms. The lowest BCUT2D eigenvalue weighted by Crippen LogP contribution is -2.17. The Kier molecular flexibility index (Phi) is 4.64. The highest BCUT2D eigenvalue weighted by Crippen LogP contribution is 2.29. The number of ether oxygens (including phenoxy) is 1. The van der Waals surface area contributed by atoms with Gasteiger partial charge >= 0.3 is 12.6 Å². The maximum absolute atomic E-state index is 12.1. The van der Waals surface area contributed by atoms with Crippen LogP contribution in [0.5, 0.6) is 5.75 Å². The van der Waals surface area contributed by atoms with Gasteiger partial charge in [-0.05, 0) is 30.0 Å². The van der Waals surface area contributed by atoms with Crippen molar-refractivity contribution in [2.45, 2.75) is 33.3 Å². The van der Waals surface area contributed by atoms with Crippen LogP contribution in [0.3, 0.4) is 0 Å². The molecule has 0 bridgehead atoms. The van der Waals surface area contributed by atoms with Crippen LogP contribution in [0.1, 0.15) is 30.9 Å². The van der Waals surface area contributed by atoms with Crippen LogP contribution in [-0.2, 0) is 4.79 Å². The number of aryl methyl sites for hydroxylation is 1. The Hall–Kier alpha value is -1.65. The zero-order chi connectivity index (χ0) is 13.9. The lowest BCUT2D eigenvalue weighted by molar-refractivity contribution is -0.139. The van der Waals surface area contributed by atoms with E-state index < -0.39 is 18.5 Å². The van der Waals surface area contributed by atoms with Crippen molar-refractivity contribution in [3.63, 3.8) is 0 Å². The largest absolute Gasteiger partial charge is 0.481 e. The van der Waals surface area contributed by atoms with Crippen LogP contribution in [0.2, 0.25) is 0 Å². The Balaban J connectivity index is 3.05. The van der Waals surface area contributed by atoms with Gasteiger partial charge in [0.25, 0.3) is 0 Å². The van der Waals surface area contributed by atoms with E-state index in [0.717, 1.165) is 0 Å². The summed E-state index contributed by atoms with van der Waals surface area (Å²) in [5.41, 5.74) is 1.09. The Morgan fingerprint density at radius 1 is 1.33 bits per heavy atom. The number of rotatable bonds is 5. The molecule has 0 saturated heterocycles. The number of hydrogen-bond donors (Lipinski definition) is 1. The average Bonchev–Trinajstić information content (AvgIpc) is 2.20. The highest BCUT2D eigenvalue weighted by Gasteiger charge is 2.24. The summed E-state index contributed by atoms with van der Waals surface area (Å²) in [6, 6.07) is 4.48. The van der Waals surface area contributed by atoms with E-state index in [1.165, 1.54) is 12.1 Å². The smallest absolute Gasteiger partial charge is 0.387 e. The molecular formula is C13H16F2O3. The van der Waals surface area contributed by atoms with Gasteiger partial charge in [0.15, 0.2) is 0 Å². The van der Waals surface area contributed by atoms with Crippen molar-refractivity contribution in [2.75, 3.05) is 0 Å². The molecule has 100 valence electrons. The molecular weight excluding hydrogens is 242 g/mol.